The van der Waals surface area contributed by atoms with E-state index in [-0.39, 0.29) is 35.7 Å². The van der Waals surface area contributed by atoms with Gasteiger partial charge in [-0.15, -0.1) is 0 Å². The summed E-state index contributed by atoms with van der Waals surface area (Å²) >= 11 is 0. The van der Waals surface area contributed by atoms with E-state index in [1.807, 2.05) is 78.3 Å². The highest BCUT2D eigenvalue weighted by molar-refractivity contribution is 5.87. The normalized spacial score (nSPS) is 20.0. The molecule has 2 aliphatic heterocycles. The van der Waals surface area contributed by atoms with E-state index < -0.39 is 24.3 Å². The first-order chi connectivity index (χ1) is 29.6. The molecule has 0 bridgehead atoms. The Balaban J connectivity index is 0.927. The molecule has 8 rings (SSSR count). The Morgan fingerprint density at radius 2 is 1.51 bits per heavy atom. The van der Waals surface area contributed by atoms with E-state index in [4.69, 9.17) is 19.4 Å². The first-order valence-electron chi connectivity index (χ1n) is 21.1. The lowest BCUT2D eigenvalue weighted by molar-refractivity contribution is -0.136. The number of alkyl carbamates (subject to hydrolysis) is 2. The van der Waals surface area contributed by atoms with Crippen LogP contribution in [0, 0.1) is 23.7 Å². The molecule has 4 N–H and O–H groups in total. The van der Waals surface area contributed by atoms with Crippen molar-refractivity contribution in [2.24, 2.45) is 11.8 Å². The number of fused-ring (bicyclic) bond motifs is 3. The molecule has 2 saturated heterocycles. The number of benzene rings is 2. The number of hydrogen-bond acceptors (Lipinski definition) is 8. The minimum Gasteiger partial charge on any atom is -0.453 e. The van der Waals surface area contributed by atoms with Gasteiger partial charge in [-0.25, -0.2) is 19.6 Å². The molecule has 4 amide bonds. The maximum Gasteiger partial charge on any atom is 0.407 e. The van der Waals surface area contributed by atoms with Gasteiger partial charge in [0.25, 0.3) is 0 Å². The van der Waals surface area contributed by atoms with Crippen LogP contribution in [0.3, 0.4) is 0 Å². The SMILES string of the molecule is COC(=O)NC(C(=O)N1CCCC1c1nc2c([nH]1)CCc1cc(C#Cc3ccc(-c4cnc(C5CCCN5C(=O)C(NC(=O)OC)C5C=CC=CC5)[nH]4)cc3)ccc1-2)C(C)C. The summed E-state index contributed by atoms with van der Waals surface area (Å²) in [5.41, 5.74) is 7.84. The number of methoxy groups -OCH3 is 2. The van der Waals surface area contributed by atoms with Crippen LogP contribution >= 0.6 is 0 Å². The molecule has 2 aromatic heterocycles. The molecule has 4 heterocycles. The van der Waals surface area contributed by atoms with Crippen molar-refractivity contribution >= 4 is 24.0 Å². The second kappa shape index (κ2) is 17.9. The number of likely N-dealkylation sites (tertiary alicyclic amines) is 2. The van der Waals surface area contributed by atoms with Gasteiger partial charge >= 0.3 is 12.2 Å². The number of nitrogens with one attached hydrogen (secondary N) is 4. The van der Waals surface area contributed by atoms with Crippen molar-refractivity contribution in [1.82, 2.24) is 40.4 Å². The van der Waals surface area contributed by atoms with Crippen LogP contribution in [-0.4, -0.2) is 93.1 Å². The number of imidazole rings is 2. The van der Waals surface area contributed by atoms with Crippen molar-refractivity contribution < 1.29 is 28.7 Å². The first kappa shape index (κ1) is 41.1. The van der Waals surface area contributed by atoms with Gasteiger partial charge in [0.05, 0.1) is 43.9 Å². The summed E-state index contributed by atoms with van der Waals surface area (Å²) in [7, 11) is 2.60. The van der Waals surface area contributed by atoms with Gasteiger partial charge in [-0.05, 0) is 86.3 Å². The predicted molar refractivity (Wildman–Crippen MR) is 229 cm³/mol. The fourth-order valence-corrected chi connectivity index (χ4v) is 8.96. The van der Waals surface area contributed by atoms with Gasteiger partial charge in [0, 0.05) is 41.4 Å². The number of carbonyl (C=O) groups excluding carboxylic acids is 4. The van der Waals surface area contributed by atoms with Crippen LogP contribution in [0.2, 0.25) is 0 Å². The molecule has 0 saturated carbocycles. The number of hydrogen-bond donors (Lipinski definition) is 4. The molecule has 4 aliphatic rings. The number of amides is 4. The van der Waals surface area contributed by atoms with E-state index >= 15 is 0 Å². The lowest BCUT2D eigenvalue weighted by atomic mass is 9.91. The Hall–Kier alpha value is -6.62. The Morgan fingerprint density at radius 3 is 2.21 bits per heavy atom. The lowest BCUT2D eigenvalue weighted by Crippen LogP contribution is -2.52. The summed E-state index contributed by atoms with van der Waals surface area (Å²) in [6.45, 7) is 5.01. The molecule has 0 radical (unpaired) electrons. The van der Waals surface area contributed by atoms with Crippen LogP contribution in [0.15, 0.2) is 73.0 Å². The van der Waals surface area contributed by atoms with E-state index in [1.165, 1.54) is 19.8 Å². The second-order valence-corrected chi connectivity index (χ2v) is 16.4. The minimum atomic E-state index is -0.743. The third-order valence-electron chi connectivity index (χ3n) is 12.2. The molecule has 2 fully saturated rings. The number of carbonyl (C=O) groups is 4. The predicted octanol–water partition coefficient (Wildman–Crippen LogP) is 6.53. The molecular formula is C47H52N8O6. The van der Waals surface area contributed by atoms with Crippen molar-refractivity contribution in [2.75, 3.05) is 27.3 Å². The van der Waals surface area contributed by atoms with Crippen LogP contribution in [-0.2, 0) is 31.9 Å². The summed E-state index contributed by atoms with van der Waals surface area (Å²) in [6, 6.07) is 12.4. The largest absolute Gasteiger partial charge is 0.453 e. The van der Waals surface area contributed by atoms with E-state index in [0.29, 0.717) is 25.3 Å². The number of H-pyrrole nitrogens is 2. The topological polar surface area (TPSA) is 175 Å². The summed E-state index contributed by atoms with van der Waals surface area (Å²) in [5.74, 6) is 7.61. The van der Waals surface area contributed by atoms with Gasteiger partial charge in [-0.3, -0.25) is 9.59 Å². The van der Waals surface area contributed by atoms with E-state index in [9.17, 15) is 19.2 Å². The van der Waals surface area contributed by atoms with Gasteiger partial charge in [0.1, 0.15) is 23.7 Å². The van der Waals surface area contributed by atoms with Crippen LogP contribution in [0.1, 0.15) is 92.1 Å². The van der Waals surface area contributed by atoms with Gasteiger partial charge in [-0.2, -0.15) is 0 Å². The van der Waals surface area contributed by atoms with E-state index in [0.717, 1.165) is 83.7 Å². The van der Waals surface area contributed by atoms with Crippen molar-refractivity contribution in [1.29, 1.82) is 0 Å². The Labute approximate surface area is 355 Å². The third kappa shape index (κ3) is 8.68. The van der Waals surface area contributed by atoms with Crippen LogP contribution in [0.4, 0.5) is 9.59 Å². The van der Waals surface area contributed by atoms with Gasteiger partial charge in [-0.1, -0.05) is 68.2 Å². The number of aromatic amines is 2. The highest BCUT2D eigenvalue weighted by Crippen LogP contribution is 2.38. The van der Waals surface area contributed by atoms with Crippen LogP contribution in [0.5, 0.6) is 0 Å². The number of nitrogens with zero attached hydrogens (tertiary/aromatic N) is 4. The quantitative estimate of drug-likeness (QED) is 0.138. The average Bonchev–Trinajstić information content (AvgIpc) is 4.13. The molecule has 316 valence electrons. The fourth-order valence-electron chi connectivity index (χ4n) is 8.96. The number of aromatic nitrogens is 4. The highest BCUT2D eigenvalue weighted by atomic mass is 16.5. The maximum atomic E-state index is 13.9. The molecule has 5 unspecified atom stereocenters. The monoisotopic (exact) mass is 824 g/mol. The fraction of sp³-hybridized carbons (Fsp3) is 0.404. The zero-order valence-corrected chi connectivity index (χ0v) is 35.0. The van der Waals surface area contributed by atoms with Crippen LogP contribution in [0.25, 0.3) is 22.5 Å². The lowest BCUT2D eigenvalue weighted by Gasteiger charge is -2.31. The molecule has 14 heteroatoms. The van der Waals surface area contributed by atoms with E-state index in [1.54, 1.807) is 6.20 Å². The zero-order chi connectivity index (χ0) is 42.6. The summed E-state index contributed by atoms with van der Waals surface area (Å²) < 4.78 is 9.64. The molecule has 14 nitrogen and oxygen atoms in total. The maximum absolute atomic E-state index is 13.9. The Kier molecular flexibility index (Phi) is 12.1. The summed E-state index contributed by atoms with van der Waals surface area (Å²) in [4.78, 5) is 72.3. The number of allylic oxidation sites excluding steroid dienone is 3. The smallest absolute Gasteiger partial charge is 0.407 e. The number of aryl methyl sites for hydroxylation is 2. The van der Waals surface area contributed by atoms with Crippen molar-refractivity contribution in [3.05, 3.63) is 107 Å². The van der Waals surface area contributed by atoms with Crippen LogP contribution < -0.4 is 10.6 Å². The minimum absolute atomic E-state index is 0.103. The molecule has 2 aliphatic carbocycles. The zero-order valence-electron chi connectivity index (χ0n) is 35.0. The second-order valence-electron chi connectivity index (χ2n) is 16.4. The Morgan fingerprint density at radius 1 is 0.820 bits per heavy atom. The average molecular weight is 825 g/mol. The third-order valence-corrected chi connectivity index (χ3v) is 12.2. The van der Waals surface area contributed by atoms with Crippen molar-refractivity contribution in [3.8, 4) is 34.4 Å². The number of rotatable bonds is 9. The first-order valence-corrected chi connectivity index (χ1v) is 21.1. The van der Waals surface area contributed by atoms with Crippen molar-refractivity contribution in [2.45, 2.75) is 83.0 Å². The van der Waals surface area contributed by atoms with Gasteiger partial charge in [0.15, 0.2) is 0 Å². The van der Waals surface area contributed by atoms with E-state index in [2.05, 4.69) is 44.6 Å². The molecule has 61 heavy (non-hydrogen) atoms. The molecule has 2 aromatic carbocycles. The highest BCUT2D eigenvalue weighted by Gasteiger charge is 2.40. The molecule has 4 aromatic rings. The standard InChI is InChI=1S/C47H52N8O6/c1-28(2)39(52-46(58)60-3)44(56)55-25-9-13-38(55)43-49-35-23-21-33-26-30(18-22-34(33)41(35)51-43)15-14-29-16-19-31(20-17-29)36-27-48-42(50-36)37-12-8-24-54(37)45(57)40(53-47(59)61-4)32-10-6-5-7-11-32/h5-7,10,16-20,22,26-28,32,37-40H,8-9,11-13,21,23-25H2,1-4H3,(H,48,50)(H,49,51)(H,52,58)(H,53,59). The molecule has 5 atom stereocenters. The van der Waals surface area contributed by atoms with Gasteiger partial charge < -0.3 is 39.9 Å². The van der Waals surface area contributed by atoms with Crippen molar-refractivity contribution in [3.63, 3.8) is 0 Å². The molecular weight excluding hydrogens is 773 g/mol. The Bertz CT molecular complexity index is 2420. The summed E-state index contributed by atoms with van der Waals surface area (Å²) in [6.07, 6.45) is 13.9. The summed E-state index contributed by atoms with van der Waals surface area (Å²) in [5, 5.41) is 5.50. The molecule has 0 spiro atoms. The van der Waals surface area contributed by atoms with Gasteiger partial charge in [0.2, 0.25) is 11.8 Å². The number of ether oxygens (including phenoxy) is 2.